The van der Waals surface area contributed by atoms with Crippen molar-refractivity contribution in [2.75, 3.05) is 12.5 Å². The highest BCUT2D eigenvalue weighted by Crippen LogP contribution is 2.36. The Kier molecular flexibility index (Phi) is 10.2. The lowest BCUT2D eigenvalue weighted by Gasteiger charge is -2.44. The highest BCUT2D eigenvalue weighted by atomic mass is 35.5. The van der Waals surface area contributed by atoms with Crippen molar-refractivity contribution in [3.63, 3.8) is 0 Å². The summed E-state index contributed by atoms with van der Waals surface area (Å²) in [5.74, 6) is -0.832. The van der Waals surface area contributed by atoms with E-state index in [1.54, 1.807) is 0 Å². The van der Waals surface area contributed by atoms with Crippen LogP contribution < -0.4 is 0 Å². The smallest absolute Gasteiger partial charge is 0.320 e. The Morgan fingerprint density at radius 2 is 1.36 bits per heavy atom. The largest absolute Gasteiger partial charge is 0.462 e. The second kappa shape index (κ2) is 13.8. The minimum Gasteiger partial charge on any atom is -0.462 e. The first-order valence-corrected chi connectivity index (χ1v) is 13.1. The van der Waals surface area contributed by atoms with Crippen molar-refractivity contribution in [3.05, 3.63) is 102 Å². The van der Waals surface area contributed by atoms with Crippen molar-refractivity contribution < 1.29 is 28.8 Å². The second-order valence-corrected chi connectivity index (χ2v) is 9.74. The molecule has 190 valence electrons. The molecule has 4 rings (SSSR count). The molecule has 1 fully saturated rings. The Bertz CT molecular complexity index is 1060. The van der Waals surface area contributed by atoms with Gasteiger partial charge in [0.1, 0.15) is 42.3 Å². The van der Waals surface area contributed by atoms with Crippen LogP contribution in [0.2, 0.25) is 0 Å². The van der Waals surface area contributed by atoms with Gasteiger partial charge in [-0.1, -0.05) is 90.6 Å². The number of hydrogen-bond acceptors (Lipinski definition) is 7. The number of rotatable bonds is 11. The van der Waals surface area contributed by atoms with Crippen LogP contribution in [0.15, 0.2) is 95.9 Å². The first kappa shape index (κ1) is 26.7. The van der Waals surface area contributed by atoms with Gasteiger partial charge in [-0.25, -0.2) is 0 Å². The zero-order valence-electron chi connectivity index (χ0n) is 19.7. The Balaban J connectivity index is 1.55. The predicted molar refractivity (Wildman–Crippen MR) is 139 cm³/mol. The van der Waals surface area contributed by atoms with E-state index in [0.29, 0.717) is 6.61 Å². The van der Waals surface area contributed by atoms with E-state index in [1.165, 1.54) is 11.8 Å². The molecule has 1 heterocycles. The summed E-state index contributed by atoms with van der Waals surface area (Å²) in [7, 11) is 0. The molecule has 0 spiro atoms. The van der Waals surface area contributed by atoms with Crippen LogP contribution in [0.3, 0.4) is 0 Å². The van der Waals surface area contributed by atoms with Crippen LogP contribution in [-0.2, 0) is 37.0 Å². The lowest BCUT2D eigenvalue weighted by atomic mass is 9.99. The quantitative estimate of drug-likeness (QED) is 0.282. The van der Waals surface area contributed by atoms with Crippen molar-refractivity contribution in [2.24, 2.45) is 0 Å². The van der Waals surface area contributed by atoms with Gasteiger partial charge in [0.15, 0.2) is 0 Å². The molecule has 6 nitrogen and oxygen atoms in total. The molecule has 0 amide bonds. The second-order valence-electron chi connectivity index (χ2n) is 8.30. The number of hydrogen-bond donors (Lipinski definition) is 1. The number of ether oxygens (including phenoxy) is 4. The van der Waals surface area contributed by atoms with Gasteiger partial charge in [0.05, 0.1) is 13.2 Å². The van der Waals surface area contributed by atoms with E-state index in [0.717, 1.165) is 16.0 Å². The fraction of sp³-hybridized carbons (Fsp3) is 0.321. The average molecular weight is 529 g/mol. The molecule has 36 heavy (non-hydrogen) atoms. The van der Waals surface area contributed by atoms with Gasteiger partial charge in [-0.3, -0.25) is 4.79 Å². The van der Waals surface area contributed by atoms with Gasteiger partial charge >= 0.3 is 5.97 Å². The minimum absolute atomic E-state index is 0.0979. The number of thioether (sulfide) groups is 1. The third-order valence-electron chi connectivity index (χ3n) is 5.70. The van der Waals surface area contributed by atoms with Crippen LogP contribution in [0.25, 0.3) is 0 Å². The molecule has 0 radical (unpaired) electrons. The lowest BCUT2D eigenvalue weighted by molar-refractivity contribution is -0.239. The molecule has 0 aromatic heterocycles. The lowest BCUT2D eigenvalue weighted by Crippen LogP contribution is -2.59. The third kappa shape index (κ3) is 7.56. The molecular weight excluding hydrogens is 500 g/mol. The summed E-state index contributed by atoms with van der Waals surface area (Å²) in [6.45, 7) is 0.461. The van der Waals surface area contributed by atoms with Crippen LogP contribution in [0.1, 0.15) is 11.1 Å². The number of esters is 1. The number of aliphatic hydroxyl groups is 1. The average Bonchev–Trinajstić information content (AvgIpc) is 2.92. The maximum Gasteiger partial charge on any atom is 0.320 e. The molecule has 1 aliphatic rings. The molecule has 5 atom stereocenters. The fourth-order valence-electron chi connectivity index (χ4n) is 3.89. The standard InChI is InChI=1S/C28H29ClO6S/c29-16-24(30)32-19-23-26(33-17-20-10-4-1-5-11-20)25(31)27(34-18-21-12-6-2-7-13-21)28(35-23)36-22-14-8-3-9-15-22/h1-15,23,25-28,31H,16-19H2/t23-,25+,26-,27+,28-/m1/s1. The Morgan fingerprint density at radius 1 is 0.833 bits per heavy atom. The van der Waals surface area contributed by atoms with E-state index in [1.807, 2.05) is 91.0 Å². The summed E-state index contributed by atoms with van der Waals surface area (Å²) in [5.41, 5.74) is 1.36. The summed E-state index contributed by atoms with van der Waals surface area (Å²) in [4.78, 5) is 12.7. The molecule has 3 aromatic rings. The number of carbonyl (C=O) groups is 1. The van der Waals surface area contributed by atoms with Crippen molar-refractivity contribution in [1.29, 1.82) is 0 Å². The minimum atomic E-state index is -1.04. The maximum atomic E-state index is 11.8. The molecule has 0 aliphatic carbocycles. The molecule has 0 bridgehead atoms. The van der Waals surface area contributed by atoms with E-state index in [-0.39, 0.29) is 19.1 Å². The van der Waals surface area contributed by atoms with E-state index < -0.39 is 35.8 Å². The molecule has 3 aromatic carbocycles. The molecule has 1 aliphatic heterocycles. The topological polar surface area (TPSA) is 74.2 Å². The van der Waals surface area contributed by atoms with Gasteiger partial charge < -0.3 is 24.1 Å². The van der Waals surface area contributed by atoms with Crippen LogP contribution in [0, 0.1) is 0 Å². The van der Waals surface area contributed by atoms with E-state index in [2.05, 4.69) is 0 Å². The van der Waals surface area contributed by atoms with Crippen molar-refractivity contribution in [1.82, 2.24) is 0 Å². The Labute approximate surface area is 220 Å². The summed E-state index contributed by atoms with van der Waals surface area (Å²) in [5, 5.41) is 11.5. The van der Waals surface area contributed by atoms with Crippen LogP contribution >= 0.6 is 23.4 Å². The molecular formula is C28H29ClO6S. The normalized spacial score (nSPS) is 23.8. The van der Waals surface area contributed by atoms with E-state index in [9.17, 15) is 9.90 Å². The zero-order valence-corrected chi connectivity index (χ0v) is 21.2. The number of alkyl halides is 1. The first-order chi connectivity index (χ1) is 17.6. The number of aliphatic hydroxyl groups excluding tert-OH is 1. The van der Waals surface area contributed by atoms with Crippen molar-refractivity contribution >= 4 is 29.3 Å². The Morgan fingerprint density at radius 3 is 1.92 bits per heavy atom. The van der Waals surface area contributed by atoms with Crippen molar-refractivity contribution in [2.45, 2.75) is 48.0 Å². The van der Waals surface area contributed by atoms with E-state index >= 15 is 0 Å². The monoisotopic (exact) mass is 528 g/mol. The first-order valence-electron chi connectivity index (χ1n) is 11.7. The van der Waals surface area contributed by atoms with E-state index in [4.69, 9.17) is 30.5 Å². The van der Waals surface area contributed by atoms with Crippen LogP contribution in [-0.4, -0.2) is 53.4 Å². The summed E-state index contributed by atoms with van der Waals surface area (Å²) in [6.07, 6.45) is -3.24. The van der Waals surface area contributed by atoms with Gasteiger partial charge in [0, 0.05) is 4.90 Å². The molecule has 8 heteroatoms. The number of benzene rings is 3. The number of halogens is 1. The summed E-state index contributed by atoms with van der Waals surface area (Å²) >= 11 is 7.06. The predicted octanol–water partition coefficient (Wildman–Crippen LogP) is 4.82. The molecule has 1 N–H and O–H groups in total. The molecule has 0 unspecified atom stereocenters. The SMILES string of the molecule is O=C(CCl)OC[C@H]1O[C@H](Sc2ccccc2)[C@@H](OCc2ccccc2)[C@@H](O)[C@@H]1OCc1ccccc1. The molecule has 1 saturated heterocycles. The number of carbonyl (C=O) groups excluding carboxylic acids is 1. The summed E-state index contributed by atoms with van der Waals surface area (Å²) in [6, 6.07) is 29.1. The fourth-order valence-corrected chi connectivity index (χ4v) is 5.12. The Hall–Kier alpha value is -2.39. The van der Waals surface area contributed by atoms with Gasteiger partial charge in [0.2, 0.25) is 0 Å². The van der Waals surface area contributed by atoms with Gasteiger partial charge in [0.25, 0.3) is 0 Å². The molecule has 0 saturated carbocycles. The van der Waals surface area contributed by atoms with Crippen LogP contribution in [0.5, 0.6) is 0 Å². The third-order valence-corrected chi connectivity index (χ3v) is 7.07. The van der Waals surface area contributed by atoms with Gasteiger partial charge in [-0.15, -0.1) is 11.6 Å². The highest BCUT2D eigenvalue weighted by molar-refractivity contribution is 7.99. The maximum absolute atomic E-state index is 11.8. The van der Waals surface area contributed by atoms with Gasteiger partial charge in [-0.05, 0) is 23.3 Å². The zero-order chi connectivity index (χ0) is 25.2. The highest BCUT2D eigenvalue weighted by Gasteiger charge is 2.47. The summed E-state index contributed by atoms with van der Waals surface area (Å²) < 4.78 is 24.1. The van der Waals surface area contributed by atoms with Gasteiger partial charge in [-0.2, -0.15) is 0 Å². The van der Waals surface area contributed by atoms with Crippen LogP contribution in [0.4, 0.5) is 0 Å². The van der Waals surface area contributed by atoms with Crippen molar-refractivity contribution in [3.8, 4) is 0 Å².